The van der Waals surface area contributed by atoms with Gasteiger partial charge < -0.3 is 9.47 Å². The van der Waals surface area contributed by atoms with Gasteiger partial charge in [0.05, 0.1) is 6.42 Å². The zero-order valence-electron chi connectivity index (χ0n) is 10.2. The highest BCUT2D eigenvalue weighted by Crippen LogP contribution is 2.34. The van der Waals surface area contributed by atoms with Crippen molar-refractivity contribution in [1.29, 1.82) is 0 Å². The average molecular weight is 236 g/mol. The lowest BCUT2D eigenvalue weighted by Gasteiger charge is -2.13. The van der Waals surface area contributed by atoms with Gasteiger partial charge in [-0.2, -0.15) is 0 Å². The highest BCUT2D eigenvalue weighted by atomic mass is 16.7. The predicted octanol–water partition coefficient (Wildman–Crippen LogP) is 0.859. The van der Waals surface area contributed by atoms with Gasteiger partial charge in [0.25, 0.3) is 0 Å². The number of hydrazine groups is 1. The van der Waals surface area contributed by atoms with E-state index in [0.717, 1.165) is 16.9 Å². The second-order valence-corrected chi connectivity index (χ2v) is 4.24. The Morgan fingerprint density at radius 2 is 2.00 bits per heavy atom. The first-order valence-electron chi connectivity index (χ1n) is 5.42. The fourth-order valence-electron chi connectivity index (χ4n) is 1.74. The smallest absolute Gasteiger partial charge is 0.238 e. The predicted molar refractivity (Wildman–Crippen MR) is 62.8 cm³/mol. The number of nitrogens with zero attached hydrogens (tertiary/aromatic N) is 1. The maximum Gasteiger partial charge on any atom is 0.238 e. The third-order valence-electron chi connectivity index (χ3n) is 2.53. The van der Waals surface area contributed by atoms with E-state index in [0.29, 0.717) is 12.2 Å². The lowest BCUT2D eigenvalue weighted by molar-refractivity contribution is -0.124. The van der Waals surface area contributed by atoms with E-state index < -0.39 is 0 Å². The zero-order valence-corrected chi connectivity index (χ0v) is 10.2. The number of fused-ring (bicyclic) bond motifs is 1. The molecule has 92 valence electrons. The van der Waals surface area contributed by atoms with Crippen molar-refractivity contribution in [3.63, 3.8) is 0 Å². The molecule has 0 saturated heterocycles. The van der Waals surface area contributed by atoms with E-state index in [2.05, 4.69) is 5.43 Å². The summed E-state index contributed by atoms with van der Waals surface area (Å²) in [7, 11) is 3.56. The molecule has 1 aromatic rings. The van der Waals surface area contributed by atoms with Crippen LogP contribution in [0.15, 0.2) is 12.1 Å². The van der Waals surface area contributed by atoms with Crippen LogP contribution in [0, 0.1) is 6.92 Å². The molecule has 0 unspecified atom stereocenters. The molecular weight excluding hydrogens is 220 g/mol. The molecule has 1 amide bonds. The molecule has 0 bridgehead atoms. The number of ether oxygens (including phenoxy) is 2. The summed E-state index contributed by atoms with van der Waals surface area (Å²) in [4.78, 5) is 11.7. The number of carbonyl (C=O) groups is 1. The highest BCUT2D eigenvalue weighted by Gasteiger charge is 2.17. The minimum atomic E-state index is -0.0445. The van der Waals surface area contributed by atoms with Crippen LogP contribution in [0.2, 0.25) is 0 Å². The molecule has 17 heavy (non-hydrogen) atoms. The van der Waals surface area contributed by atoms with E-state index in [1.807, 2.05) is 19.1 Å². The molecule has 2 rings (SSSR count). The van der Waals surface area contributed by atoms with Crippen LogP contribution in [0.3, 0.4) is 0 Å². The number of rotatable bonds is 3. The fourth-order valence-corrected chi connectivity index (χ4v) is 1.74. The molecular formula is C12H16N2O3. The summed E-state index contributed by atoms with van der Waals surface area (Å²) < 4.78 is 10.6. The van der Waals surface area contributed by atoms with E-state index in [4.69, 9.17) is 9.47 Å². The number of amides is 1. The standard InChI is InChI=1S/C12H16N2O3/c1-8-4-10-11(17-7-16-10)5-9(8)6-12(15)13-14(2)3/h4-5H,6-7H2,1-3H3,(H,13,15). The summed E-state index contributed by atoms with van der Waals surface area (Å²) in [6, 6.07) is 3.77. The van der Waals surface area contributed by atoms with Crippen molar-refractivity contribution in [3.05, 3.63) is 23.3 Å². The normalized spacial score (nSPS) is 12.9. The molecule has 5 heteroatoms. The first kappa shape index (κ1) is 11.7. The van der Waals surface area contributed by atoms with E-state index in [1.165, 1.54) is 0 Å². The maximum atomic E-state index is 11.7. The van der Waals surface area contributed by atoms with Crippen molar-refractivity contribution in [2.24, 2.45) is 0 Å². The number of nitrogens with one attached hydrogen (secondary N) is 1. The number of hydrogen-bond donors (Lipinski definition) is 1. The van der Waals surface area contributed by atoms with Crippen LogP contribution in [0.25, 0.3) is 0 Å². The molecule has 0 spiro atoms. The molecule has 0 aliphatic carbocycles. The van der Waals surface area contributed by atoms with E-state index in [9.17, 15) is 4.79 Å². The van der Waals surface area contributed by atoms with Crippen molar-refractivity contribution < 1.29 is 14.3 Å². The Labute approximate surface area is 100 Å². The van der Waals surface area contributed by atoms with Gasteiger partial charge in [-0.1, -0.05) is 0 Å². The largest absolute Gasteiger partial charge is 0.454 e. The van der Waals surface area contributed by atoms with Gasteiger partial charge >= 0.3 is 0 Å². The fraction of sp³-hybridized carbons (Fsp3) is 0.417. The minimum absolute atomic E-state index is 0.0445. The maximum absolute atomic E-state index is 11.7. The Hall–Kier alpha value is -1.75. The summed E-state index contributed by atoms with van der Waals surface area (Å²) in [5.41, 5.74) is 4.69. The molecule has 1 N–H and O–H groups in total. The Balaban J connectivity index is 2.13. The molecule has 1 aliphatic rings. The van der Waals surface area contributed by atoms with Gasteiger partial charge in [0.2, 0.25) is 12.7 Å². The topological polar surface area (TPSA) is 50.8 Å². The van der Waals surface area contributed by atoms with Crippen LogP contribution < -0.4 is 14.9 Å². The zero-order chi connectivity index (χ0) is 12.4. The Bertz CT molecular complexity index is 444. The Morgan fingerprint density at radius 3 is 2.65 bits per heavy atom. The van der Waals surface area contributed by atoms with Crippen LogP contribution in [-0.4, -0.2) is 31.8 Å². The number of hydrogen-bond acceptors (Lipinski definition) is 4. The summed E-state index contributed by atoms with van der Waals surface area (Å²) in [6.45, 7) is 2.21. The van der Waals surface area contributed by atoms with Crippen molar-refractivity contribution in [3.8, 4) is 11.5 Å². The van der Waals surface area contributed by atoms with Crippen LogP contribution in [-0.2, 0) is 11.2 Å². The molecule has 1 aliphatic heterocycles. The van der Waals surface area contributed by atoms with Crippen molar-refractivity contribution in [2.75, 3.05) is 20.9 Å². The number of carbonyl (C=O) groups excluding carboxylic acids is 1. The lowest BCUT2D eigenvalue weighted by Crippen LogP contribution is -2.37. The van der Waals surface area contributed by atoms with Crippen LogP contribution in [0.1, 0.15) is 11.1 Å². The molecule has 0 fully saturated rings. The summed E-state index contributed by atoms with van der Waals surface area (Å²) in [5.74, 6) is 1.42. The SMILES string of the molecule is Cc1cc2c(cc1CC(=O)NN(C)C)OCO2. The molecule has 1 aromatic carbocycles. The first-order valence-corrected chi connectivity index (χ1v) is 5.42. The van der Waals surface area contributed by atoms with Crippen LogP contribution in [0.5, 0.6) is 11.5 Å². The van der Waals surface area contributed by atoms with Crippen molar-refractivity contribution in [2.45, 2.75) is 13.3 Å². The molecule has 5 nitrogen and oxygen atoms in total. The van der Waals surface area contributed by atoms with Gasteiger partial charge in [0.1, 0.15) is 0 Å². The highest BCUT2D eigenvalue weighted by molar-refractivity contribution is 5.78. The third kappa shape index (κ3) is 2.68. The van der Waals surface area contributed by atoms with Gasteiger partial charge in [-0.3, -0.25) is 10.2 Å². The van der Waals surface area contributed by atoms with Crippen molar-refractivity contribution >= 4 is 5.91 Å². The van der Waals surface area contributed by atoms with Crippen LogP contribution in [0.4, 0.5) is 0 Å². The van der Waals surface area contributed by atoms with Gasteiger partial charge in [-0.05, 0) is 30.2 Å². The van der Waals surface area contributed by atoms with E-state index in [1.54, 1.807) is 19.1 Å². The molecule has 0 atom stereocenters. The first-order chi connectivity index (χ1) is 8.06. The quantitative estimate of drug-likeness (QED) is 0.791. The van der Waals surface area contributed by atoms with Crippen molar-refractivity contribution in [1.82, 2.24) is 10.4 Å². The van der Waals surface area contributed by atoms with Gasteiger partial charge in [0.15, 0.2) is 11.5 Å². The third-order valence-corrected chi connectivity index (χ3v) is 2.53. The van der Waals surface area contributed by atoms with Gasteiger partial charge in [-0.25, -0.2) is 5.01 Å². The average Bonchev–Trinajstić information content (AvgIpc) is 2.63. The molecule has 1 heterocycles. The van der Waals surface area contributed by atoms with Gasteiger partial charge in [0, 0.05) is 14.1 Å². The summed E-state index contributed by atoms with van der Waals surface area (Å²) >= 11 is 0. The monoisotopic (exact) mass is 236 g/mol. The van der Waals surface area contributed by atoms with E-state index >= 15 is 0 Å². The minimum Gasteiger partial charge on any atom is -0.454 e. The Morgan fingerprint density at radius 1 is 1.35 bits per heavy atom. The summed E-state index contributed by atoms with van der Waals surface area (Å²) in [6.07, 6.45) is 0.334. The van der Waals surface area contributed by atoms with E-state index in [-0.39, 0.29) is 12.7 Å². The molecule has 0 aromatic heterocycles. The second-order valence-electron chi connectivity index (χ2n) is 4.24. The molecule has 0 radical (unpaired) electrons. The molecule has 0 saturated carbocycles. The second kappa shape index (κ2) is 4.63. The number of aryl methyl sites for hydroxylation is 1. The van der Waals surface area contributed by atoms with Gasteiger partial charge in [-0.15, -0.1) is 0 Å². The number of benzene rings is 1. The Kier molecular flexibility index (Phi) is 3.19. The van der Waals surface area contributed by atoms with Crippen LogP contribution >= 0.6 is 0 Å². The summed E-state index contributed by atoms with van der Waals surface area (Å²) in [5, 5.41) is 1.63. The lowest BCUT2D eigenvalue weighted by atomic mass is 10.0.